The van der Waals surface area contributed by atoms with Crippen molar-refractivity contribution in [1.29, 1.82) is 0 Å². The van der Waals surface area contributed by atoms with Crippen molar-refractivity contribution in [2.45, 2.75) is 6.92 Å². The molecule has 0 saturated carbocycles. The Kier molecular flexibility index (Phi) is 2.95. The van der Waals surface area contributed by atoms with Crippen molar-refractivity contribution in [2.75, 3.05) is 6.54 Å². The summed E-state index contributed by atoms with van der Waals surface area (Å²) in [4.78, 5) is 11.8. The maximum Gasteiger partial charge on any atom is 0.253 e. The van der Waals surface area contributed by atoms with E-state index in [-0.39, 0.29) is 5.91 Å². The SMILES string of the molecule is CCNC(=O)c1ccccc1-n1ccnn1. The number of rotatable bonds is 3. The van der Waals surface area contributed by atoms with Gasteiger partial charge >= 0.3 is 0 Å². The molecule has 2 aromatic rings. The van der Waals surface area contributed by atoms with Gasteiger partial charge in [0.05, 0.1) is 23.6 Å². The molecule has 1 aromatic carbocycles. The molecule has 1 amide bonds. The van der Waals surface area contributed by atoms with Crippen LogP contribution in [0.15, 0.2) is 36.7 Å². The molecule has 0 radical (unpaired) electrons. The van der Waals surface area contributed by atoms with Crippen LogP contribution in [-0.2, 0) is 0 Å². The minimum absolute atomic E-state index is 0.103. The molecule has 0 saturated heterocycles. The van der Waals surface area contributed by atoms with Gasteiger partial charge in [-0.15, -0.1) is 5.10 Å². The van der Waals surface area contributed by atoms with Crippen molar-refractivity contribution < 1.29 is 4.79 Å². The zero-order valence-corrected chi connectivity index (χ0v) is 8.92. The number of carbonyl (C=O) groups is 1. The van der Waals surface area contributed by atoms with E-state index in [4.69, 9.17) is 0 Å². The standard InChI is InChI=1S/C11H12N4O/c1-2-12-11(16)9-5-3-4-6-10(9)15-8-7-13-14-15/h3-8H,2H2,1H3,(H,12,16). The van der Waals surface area contributed by atoms with Gasteiger partial charge in [-0.3, -0.25) is 4.79 Å². The van der Waals surface area contributed by atoms with Gasteiger partial charge in [0.15, 0.2) is 0 Å². The lowest BCUT2D eigenvalue weighted by Crippen LogP contribution is -2.24. The Morgan fingerprint density at radius 3 is 2.94 bits per heavy atom. The molecule has 16 heavy (non-hydrogen) atoms. The average Bonchev–Trinajstić information content (AvgIpc) is 2.83. The second-order valence-corrected chi connectivity index (χ2v) is 3.22. The van der Waals surface area contributed by atoms with Crippen molar-refractivity contribution in [2.24, 2.45) is 0 Å². The summed E-state index contributed by atoms with van der Waals surface area (Å²) >= 11 is 0. The molecule has 0 aliphatic rings. The fraction of sp³-hybridized carbons (Fsp3) is 0.182. The normalized spacial score (nSPS) is 10.1. The number of nitrogens with zero attached hydrogens (tertiary/aromatic N) is 3. The van der Waals surface area contributed by atoms with E-state index in [0.717, 1.165) is 5.69 Å². The first kappa shape index (κ1) is 10.4. The van der Waals surface area contributed by atoms with Crippen molar-refractivity contribution in [3.05, 3.63) is 42.2 Å². The molecule has 2 rings (SSSR count). The van der Waals surface area contributed by atoms with Crippen LogP contribution in [0.5, 0.6) is 0 Å². The summed E-state index contributed by atoms with van der Waals surface area (Å²) in [6, 6.07) is 7.28. The molecule has 0 fully saturated rings. The Morgan fingerprint density at radius 2 is 2.25 bits per heavy atom. The van der Waals surface area contributed by atoms with E-state index in [0.29, 0.717) is 12.1 Å². The maximum atomic E-state index is 11.8. The quantitative estimate of drug-likeness (QED) is 0.833. The highest BCUT2D eigenvalue weighted by Gasteiger charge is 2.11. The van der Waals surface area contributed by atoms with Crippen LogP contribution >= 0.6 is 0 Å². The highest BCUT2D eigenvalue weighted by Crippen LogP contribution is 2.12. The van der Waals surface area contributed by atoms with Crippen LogP contribution in [0.4, 0.5) is 0 Å². The molecule has 0 aliphatic carbocycles. The molecule has 1 aromatic heterocycles. The maximum absolute atomic E-state index is 11.8. The molecule has 0 spiro atoms. The number of para-hydroxylation sites is 1. The number of amides is 1. The monoisotopic (exact) mass is 216 g/mol. The van der Waals surface area contributed by atoms with Crippen molar-refractivity contribution in [3.8, 4) is 5.69 Å². The third-order valence-electron chi connectivity index (χ3n) is 2.16. The van der Waals surface area contributed by atoms with Crippen LogP contribution in [0.1, 0.15) is 17.3 Å². The third-order valence-corrected chi connectivity index (χ3v) is 2.16. The molecule has 1 N–H and O–H groups in total. The summed E-state index contributed by atoms with van der Waals surface area (Å²) in [7, 11) is 0. The number of carbonyl (C=O) groups excluding carboxylic acids is 1. The highest BCUT2D eigenvalue weighted by molar-refractivity contribution is 5.97. The molecule has 0 unspecified atom stereocenters. The first-order chi connectivity index (χ1) is 7.83. The van der Waals surface area contributed by atoms with Gasteiger partial charge in [-0.05, 0) is 19.1 Å². The molecule has 5 heteroatoms. The number of hydrogen-bond donors (Lipinski definition) is 1. The molecule has 0 aliphatic heterocycles. The molecule has 5 nitrogen and oxygen atoms in total. The summed E-state index contributed by atoms with van der Waals surface area (Å²) in [6.07, 6.45) is 3.28. The van der Waals surface area contributed by atoms with Gasteiger partial charge in [0.2, 0.25) is 0 Å². The Morgan fingerprint density at radius 1 is 1.44 bits per heavy atom. The van der Waals surface area contributed by atoms with Gasteiger partial charge in [0.25, 0.3) is 5.91 Å². The minimum Gasteiger partial charge on any atom is -0.352 e. The van der Waals surface area contributed by atoms with Crippen LogP contribution < -0.4 is 5.32 Å². The lowest BCUT2D eigenvalue weighted by atomic mass is 10.1. The lowest BCUT2D eigenvalue weighted by Gasteiger charge is -2.07. The topological polar surface area (TPSA) is 59.8 Å². The van der Waals surface area contributed by atoms with E-state index < -0.39 is 0 Å². The molecule has 82 valence electrons. The second-order valence-electron chi connectivity index (χ2n) is 3.22. The molecular weight excluding hydrogens is 204 g/mol. The van der Waals surface area contributed by atoms with Crippen LogP contribution in [0.3, 0.4) is 0 Å². The van der Waals surface area contributed by atoms with Crippen molar-refractivity contribution >= 4 is 5.91 Å². The van der Waals surface area contributed by atoms with Crippen LogP contribution in [0.25, 0.3) is 5.69 Å². The van der Waals surface area contributed by atoms with E-state index in [2.05, 4.69) is 15.6 Å². The third kappa shape index (κ3) is 1.93. The molecule has 0 bridgehead atoms. The number of aromatic nitrogens is 3. The fourth-order valence-corrected chi connectivity index (χ4v) is 1.46. The first-order valence-corrected chi connectivity index (χ1v) is 5.07. The second kappa shape index (κ2) is 4.57. The summed E-state index contributed by atoms with van der Waals surface area (Å²) in [5.41, 5.74) is 1.32. The van der Waals surface area contributed by atoms with Crippen LogP contribution in [0.2, 0.25) is 0 Å². The highest BCUT2D eigenvalue weighted by atomic mass is 16.1. The fourth-order valence-electron chi connectivity index (χ4n) is 1.46. The summed E-state index contributed by atoms with van der Waals surface area (Å²) in [5, 5.41) is 10.4. The van der Waals surface area contributed by atoms with Crippen molar-refractivity contribution in [1.82, 2.24) is 20.3 Å². The van der Waals surface area contributed by atoms with Gasteiger partial charge in [0, 0.05) is 6.54 Å². The lowest BCUT2D eigenvalue weighted by molar-refractivity contribution is 0.0955. The Balaban J connectivity index is 2.42. The predicted octanol–water partition coefficient (Wildman–Crippen LogP) is 1.02. The minimum atomic E-state index is -0.103. The smallest absolute Gasteiger partial charge is 0.253 e. The molecule has 0 atom stereocenters. The number of benzene rings is 1. The van der Waals surface area contributed by atoms with Gasteiger partial charge in [0.1, 0.15) is 0 Å². The van der Waals surface area contributed by atoms with E-state index in [1.807, 2.05) is 25.1 Å². The Hall–Kier alpha value is -2.17. The van der Waals surface area contributed by atoms with Crippen LogP contribution in [0, 0.1) is 0 Å². The molecular formula is C11H12N4O. The van der Waals surface area contributed by atoms with Gasteiger partial charge in [-0.25, -0.2) is 4.68 Å². The van der Waals surface area contributed by atoms with E-state index >= 15 is 0 Å². The van der Waals surface area contributed by atoms with E-state index in [1.54, 1.807) is 23.1 Å². The largest absolute Gasteiger partial charge is 0.352 e. The van der Waals surface area contributed by atoms with Crippen LogP contribution in [-0.4, -0.2) is 27.4 Å². The summed E-state index contributed by atoms with van der Waals surface area (Å²) in [5.74, 6) is -0.103. The average molecular weight is 216 g/mol. The molecule has 1 heterocycles. The van der Waals surface area contributed by atoms with Gasteiger partial charge in [-0.1, -0.05) is 17.3 Å². The Labute approximate surface area is 93.1 Å². The zero-order chi connectivity index (χ0) is 11.4. The van der Waals surface area contributed by atoms with Gasteiger partial charge < -0.3 is 5.32 Å². The van der Waals surface area contributed by atoms with E-state index in [1.165, 1.54) is 0 Å². The van der Waals surface area contributed by atoms with E-state index in [9.17, 15) is 4.79 Å². The van der Waals surface area contributed by atoms with Gasteiger partial charge in [-0.2, -0.15) is 0 Å². The summed E-state index contributed by atoms with van der Waals surface area (Å²) in [6.45, 7) is 2.49. The zero-order valence-electron chi connectivity index (χ0n) is 8.92. The van der Waals surface area contributed by atoms with Crippen molar-refractivity contribution in [3.63, 3.8) is 0 Å². The predicted molar refractivity (Wildman–Crippen MR) is 59.4 cm³/mol. The Bertz CT molecular complexity index is 478. The number of nitrogens with one attached hydrogen (secondary N) is 1. The first-order valence-electron chi connectivity index (χ1n) is 5.07. The number of hydrogen-bond acceptors (Lipinski definition) is 3. The summed E-state index contributed by atoms with van der Waals surface area (Å²) < 4.78 is 1.57.